The molecule has 11 nitrogen and oxygen atoms in total. The first kappa shape index (κ1) is 35.0. The Morgan fingerprint density at radius 3 is 2.40 bits per heavy atom. The molecule has 5 N–H and O–H groups in total. The first-order valence-corrected chi connectivity index (χ1v) is 14.8. The number of halogens is 2. The Bertz CT molecular complexity index is 1820. The number of hydroxylamine groups is 1. The Balaban J connectivity index is 0.00000167. The van der Waals surface area contributed by atoms with Crippen LogP contribution in [0.4, 0.5) is 14.6 Å². The molecule has 0 aliphatic carbocycles. The summed E-state index contributed by atoms with van der Waals surface area (Å²) in [5.41, 5.74) is 4.47. The molecule has 0 spiro atoms. The lowest BCUT2D eigenvalue weighted by Crippen LogP contribution is -2.43. The minimum absolute atomic E-state index is 0.114. The molecule has 1 aliphatic heterocycles. The van der Waals surface area contributed by atoms with E-state index in [9.17, 15) is 19.6 Å². The molecule has 0 unspecified atom stereocenters. The highest BCUT2D eigenvalue weighted by molar-refractivity contribution is 5.90. The normalized spacial score (nSPS) is 12.9. The number of phenolic OH excluding ortho intramolecular Hbond substituents is 1. The monoisotopic (exact) mass is 657 g/mol. The topological polar surface area (TPSA) is 168 Å². The quantitative estimate of drug-likeness (QED) is 0.0693. The van der Waals surface area contributed by atoms with Crippen molar-refractivity contribution in [2.45, 2.75) is 25.4 Å². The van der Waals surface area contributed by atoms with Gasteiger partial charge in [-0.3, -0.25) is 14.8 Å². The number of aromatic nitrogens is 1. The number of nitriles is 1. The van der Waals surface area contributed by atoms with Crippen LogP contribution in [0.5, 0.6) is 11.5 Å². The number of anilines is 1. The molecular formula is C35H33F2N5O6. The number of benzene rings is 3. The summed E-state index contributed by atoms with van der Waals surface area (Å²) in [7, 11) is 1.43. The fourth-order valence-electron chi connectivity index (χ4n) is 5.33. The van der Waals surface area contributed by atoms with E-state index in [1.807, 2.05) is 29.2 Å². The van der Waals surface area contributed by atoms with Gasteiger partial charge in [-0.15, -0.1) is 0 Å². The van der Waals surface area contributed by atoms with Crippen LogP contribution in [0.2, 0.25) is 0 Å². The van der Waals surface area contributed by atoms with Gasteiger partial charge in [-0.1, -0.05) is 36.4 Å². The molecule has 5 rings (SSSR count). The van der Waals surface area contributed by atoms with E-state index in [0.717, 1.165) is 30.0 Å². The number of ether oxygens (including phenoxy) is 1. The number of piperidine rings is 1. The minimum atomic E-state index is -0.761. The second kappa shape index (κ2) is 16.6. The van der Waals surface area contributed by atoms with Crippen molar-refractivity contribution in [2.24, 2.45) is 0 Å². The van der Waals surface area contributed by atoms with Gasteiger partial charge in [0, 0.05) is 49.1 Å². The predicted molar refractivity (Wildman–Crippen MR) is 174 cm³/mol. The number of hydrogen-bond donors (Lipinski definition) is 5. The number of pyridine rings is 1. The van der Waals surface area contributed by atoms with Crippen molar-refractivity contribution in [3.63, 3.8) is 0 Å². The molecule has 3 aromatic carbocycles. The largest absolute Gasteiger partial charge is 0.504 e. The number of carbonyl (C=O) groups is 2. The minimum Gasteiger partial charge on any atom is -0.504 e. The van der Waals surface area contributed by atoms with Crippen molar-refractivity contribution in [3.05, 3.63) is 101 Å². The standard InChI is InChI=1S/C34H31F2N5O4.CH2O2/c1-45-30-10-9-23(17-29(30)42)27-20-39-34(33(36)32(27)24-7-8-25(18-37)28(35)16-24)41-14-12-26(13-15-41)38-19-22-4-2-21(3-5-22)6-11-31(43)40-44;2-1-3/h2-11,16-17,20,26,38,42,44H,12-15,19H2,1H3,(H,40,43);1H,(H,2,3)/b11-6+;. The first-order chi connectivity index (χ1) is 23.2. The van der Waals surface area contributed by atoms with E-state index in [0.29, 0.717) is 30.8 Å². The van der Waals surface area contributed by atoms with E-state index in [2.05, 4.69) is 10.3 Å². The lowest BCUT2D eigenvalue weighted by Gasteiger charge is -2.34. The molecule has 0 radical (unpaired) electrons. The zero-order valence-electron chi connectivity index (χ0n) is 25.9. The molecule has 13 heteroatoms. The van der Waals surface area contributed by atoms with E-state index >= 15 is 4.39 Å². The number of nitrogens with one attached hydrogen (secondary N) is 2. The average Bonchev–Trinajstić information content (AvgIpc) is 3.10. The van der Waals surface area contributed by atoms with Gasteiger partial charge in [0.05, 0.1) is 12.7 Å². The molecule has 0 bridgehead atoms. The molecule has 1 aromatic heterocycles. The van der Waals surface area contributed by atoms with Gasteiger partial charge in [-0.25, -0.2) is 19.2 Å². The number of carboxylic acid groups (broad SMARTS) is 1. The van der Waals surface area contributed by atoms with Gasteiger partial charge in [0.15, 0.2) is 23.1 Å². The van der Waals surface area contributed by atoms with Gasteiger partial charge >= 0.3 is 0 Å². The van der Waals surface area contributed by atoms with Gasteiger partial charge < -0.3 is 25.2 Å². The Labute approximate surface area is 275 Å². The summed E-state index contributed by atoms with van der Waals surface area (Å²) in [5.74, 6) is -1.72. The third-order valence-corrected chi connectivity index (χ3v) is 7.78. The van der Waals surface area contributed by atoms with Crippen LogP contribution in [0.3, 0.4) is 0 Å². The molecule has 1 saturated heterocycles. The van der Waals surface area contributed by atoms with Gasteiger partial charge in [0.25, 0.3) is 12.4 Å². The van der Waals surface area contributed by atoms with E-state index < -0.39 is 17.5 Å². The lowest BCUT2D eigenvalue weighted by molar-refractivity contribution is -0.124. The maximum Gasteiger partial charge on any atom is 0.290 e. The number of methoxy groups -OCH3 is 1. The Hall–Kier alpha value is -5.84. The zero-order chi connectivity index (χ0) is 34.6. The number of phenols is 1. The highest BCUT2D eigenvalue weighted by atomic mass is 19.1. The summed E-state index contributed by atoms with van der Waals surface area (Å²) >= 11 is 0. The molecule has 0 saturated carbocycles. The van der Waals surface area contributed by atoms with Crippen molar-refractivity contribution in [2.75, 3.05) is 25.1 Å². The number of hydrogen-bond acceptors (Lipinski definition) is 9. The summed E-state index contributed by atoms with van der Waals surface area (Å²) < 4.78 is 36.3. The molecular weight excluding hydrogens is 624 g/mol. The van der Waals surface area contributed by atoms with Crippen LogP contribution in [0.15, 0.2) is 72.9 Å². The summed E-state index contributed by atoms with van der Waals surface area (Å²) in [4.78, 5) is 25.9. The van der Waals surface area contributed by atoms with Crippen LogP contribution >= 0.6 is 0 Å². The van der Waals surface area contributed by atoms with E-state index in [1.165, 1.54) is 37.6 Å². The van der Waals surface area contributed by atoms with Gasteiger partial charge in [-0.05, 0) is 65.4 Å². The fourth-order valence-corrected chi connectivity index (χ4v) is 5.33. The number of rotatable bonds is 9. The number of amides is 1. The molecule has 1 fully saturated rings. The first-order valence-electron chi connectivity index (χ1n) is 14.8. The molecule has 48 heavy (non-hydrogen) atoms. The Morgan fingerprint density at radius 2 is 1.79 bits per heavy atom. The third kappa shape index (κ3) is 8.49. The van der Waals surface area contributed by atoms with E-state index in [1.54, 1.807) is 29.8 Å². The summed E-state index contributed by atoms with van der Waals surface area (Å²) in [6.07, 6.45) is 5.84. The van der Waals surface area contributed by atoms with Crippen LogP contribution < -0.4 is 20.4 Å². The van der Waals surface area contributed by atoms with Crippen molar-refractivity contribution in [1.82, 2.24) is 15.8 Å². The zero-order valence-corrected chi connectivity index (χ0v) is 25.9. The van der Waals surface area contributed by atoms with Gasteiger partial charge in [0.2, 0.25) is 0 Å². The van der Waals surface area contributed by atoms with Crippen molar-refractivity contribution in [1.29, 1.82) is 5.26 Å². The number of nitrogens with zero attached hydrogens (tertiary/aromatic N) is 3. The van der Waals surface area contributed by atoms with Gasteiger partial charge in [0.1, 0.15) is 11.9 Å². The SMILES string of the molecule is COc1ccc(-c2cnc(N3CCC(NCc4ccc(/C=C/C(=O)NO)cc4)CC3)c(F)c2-c2ccc(C#N)c(F)c2)cc1O.O=CO. The van der Waals surface area contributed by atoms with E-state index in [4.69, 9.17) is 19.8 Å². The third-order valence-electron chi connectivity index (χ3n) is 7.78. The predicted octanol–water partition coefficient (Wildman–Crippen LogP) is 5.26. The van der Waals surface area contributed by atoms with Crippen molar-refractivity contribution in [3.8, 4) is 39.8 Å². The maximum atomic E-state index is 16.4. The molecule has 2 heterocycles. The fraction of sp³-hybridized carbons (Fsp3) is 0.200. The van der Waals surface area contributed by atoms with E-state index in [-0.39, 0.29) is 46.5 Å². The number of carbonyl (C=O) groups excluding carboxylic acids is 1. The Morgan fingerprint density at radius 1 is 1.10 bits per heavy atom. The molecule has 1 amide bonds. The lowest BCUT2D eigenvalue weighted by atomic mass is 9.94. The second-order valence-corrected chi connectivity index (χ2v) is 10.7. The maximum absolute atomic E-state index is 16.4. The molecule has 0 atom stereocenters. The smallest absolute Gasteiger partial charge is 0.290 e. The summed E-state index contributed by atoms with van der Waals surface area (Å²) in [6.45, 7) is 1.47. The summed E-state index contributed by atoms with van der Waals surface area (Å²) in [6, 6.07) is 18.3. The second-order valence-electron chi connectivity index (χ2n) is 10.7. The highest BCUT2D eigenvalue weighted by Gasteiger charge is 2.26. The van der Waals surface area contributed by atoms with Crippen LogP contribution in [0.1, 0.15) is 29.5 Å². The highest BCUT2D eigenvalue weighted by Crippen LogP contribution is 2.40. The summed E-state index contributed by atoms with van der Waals surface area (Å²) in [5, 5.41) is 38.6. The van der Waals surface area contributed by atoms with Crippen LogP contribution in [-0.2, 0) is 16.1 Å². The van der Waals surface area contributed by atoms with Crippen molar-refractivity contribution >= 4 is 24.3 Å². The Kier molecular flexibility index (Phi) is 12.1. The molecule has 4 aromatic rings. The molecule has 1 aliphatic rings. The average molecular weight is 658 g/mol. The van der Waals surface area contributed by atoms with Crippen LogP contribution in [-0.4, -0.2) is 59.0 Å². The van der Waals surface area contributed by atoms with Gasteiger partial charge in [-0.2, -0.15) is 5.26 Å². The van der Waals surface area contributed by atoms with Crippen molar-refractivity contribution < 1.29 is 38.5 Å². The number of aromatic hydroxyl groups is 1. The van der Waals surface area contributed by atoms with Crippen LogP contribution in [0, 0.1) is 23.0 Å². The molecule has 248 valence electrons. The van der Waals surface area contributed by atoms with Crippen LogP contribution in [0.25, 0.3) is 28.3 Å².